The van der Waals surface area contributed by atoms with Gasteiger partial charge in [-0.05, 0) is 18.9 Å². The highest BCUT2D eigenvalue weighted by molar-refractivity contribution is 6.31. The maximum absolute atomic E-state index is 12.1. The Hall–Kier alpha value is -1.85. The molecule has 22 heavy (non-hydrogen) atoms. The molecule has 1 aliphatic carbocycles. The minimum atomic E-state index is -0.313. The molecule has 1 aromatic carbocycles. The summed E-state index contributed by atoms with van der Waals surface area (Å²) in [6, 6.07) is 9.12. The highest BCUT2D eigenvalue weighted by Gasteiger charge is 2.29. The van der Waals surface area contributed by atoms with Gasteiger partial charge in [0.2, 0.25) is 0 Å². The van der Waals surface area contributed by atoms with Crippen LogP contribution in [-0.2, 0) is 4.74 Å². The molecule has 0 aliphatic heterocycles. The number of hydrogen-bond donors (Lipinski definition) is 1. The first-order chi connectivity index (χ1) is 10.7. The fourth-order valence-electron chi connectivity index (χ4n) is 2.29. The summed E-state index contributed by atoms with van der Waals surface area (Å²) in [6.45, 7) is 0.310. The van der Waals surface area contributed by atoms with Crippen LogP contribution in [0.5, 0.6) is 0 Å². The number of rotatable bonds is 6. The molecule has 1 aromatic heterocycles. The van der Waals surface area contributed by atoms with Gasteiger partial charge in [0.25, 0.3) is 5.91 Å². The van der Waals surface area contributed by atoms with Gasteiger partial charge >= 0.3 is 0 Å². The van der Waals surface area contributed by atoms with Crippen LogP contribution in [0.25, 0.3) is 0 Å². The predicted octanol–water partition coefficient (Wildman–Crippen LogP) is 3.32. The Bertz CT molecular complexity index is 667. The molecule has 1 aliphatic rings. The zero-order valence-electron chi connectivity index (χ0n) is 12.2. The van der Waals surface area contributed by atoms with Gasteiger partial charge < -0.3 is 14.6 Å². The Morgan fingerprint density at radius 1 is 1.50 bits per heavy atom. The minimum Gasteiger partial charge on any atom is -0.375 e. The van der Waals surface area contributed by atoms with E-state index >= 15 is 0 Å². The van der Waals surface area contributed by atoms with Crippen LogP contribution in [0.1, 0.15) is 46.7 Å². The lowest BCUT2D eigenvalue weighted by molar-refractivity contribution is 0.0821. The average Bonchev–Trinajstić information content (AvgIpc) is 3.26. The van der Waals surface area contributed by atoms with E-state index in [-0.39, 0.29) is 12.0 Å². The first-order valence-electron chi connectivity index (χ1n) is 7.21. The van der Waals surface area contributed by atoms with Crippen molar-refractivity contribution >= 4 is 17.5 Å². The van der Waals surface area contributed by atoms with Crippen molar-refractivity contribution in [1.82, 2.24) is 10.5 Å². The van der Waals surface area contributed by atoms with E-state index in [0.717, 1.165) is 24.2 Å². The molecule has 0 bridgehead atoms. The second-order valence-electron chi connectivity index (χ2n) is 5.34. The van der Waals surface area contributed by atoms with Gasteiger partial charge in [0.05, 0.1) is 0 Å². The van der Waals surface area contributed by atoms with E-state index in [9.17, 15) is 4.79 Å². The molecule has 5 nitrogen and oxygen atoms in total. The van der Waals surface area contributed by atoms with E-state index < -0.39 is 0 Å². The first-order valence-corrected chi connectivity index (χ1v) is 7.59. The number of nitrogens with zero attached hydrogens (tertiary/aromatic N) is 1. The van der Waals surface area contributed by atoms with Gasteiger partial charge in [-0.3, -0.25) is 4.79 Å². The highest BCUT2D eigenvalue weighted by Crippen LogP contribution is 2.40. The summed E-state index contributed by atoms with van der Waals surface area (Å²) in [5, 5.41) is 7.23. The van der Waals surface area contributed by atoms with Crippen LogP contribution in [0.3, 0.4) is 0 Å². The number of benzene rings is 1. The second-order valence-corrected chi connectivity index (χ2v) is 5.75. The Balaban J connectivity index is 1.62. The summed E-state index contributed by atoms with van der Waals surface area (Å²) in [6.07, 6.45) is 1.90. The highest BCUT2D eigenvalue weighted by atomic mass is 35.5. The molecule has 6 heteroatoms. The van der Waals surface area contributed by atoms with Crippen LogP contribution < -0.4 is 5.32 Å². The predicted molar refractivity (Wildman–Crippen MR) is 82.0 cm³/mol. The number of amides is 1. The van der Waals surface area contributed by atoms with Crippen LogP contribution in [0.2, 0.25) is 5.02 Å². The molecule has 1 fully saturated rings. The number of aromatic nitrogens is 1. The van der Waals surface area contributed by atoms with Gasteiger partial charge in [-0.25, -0.2) is 0 Å². The average molecular weight is 321 g/mol. The van der Waals surface area contributed by atoms with Crippen molar-refractivity contribution in [3.05, 3.63) is 52.4 Å². The molecule has 116 valence electrons. The molecular weight excluding hydrogens is 304 g/mol. The van der Waals surface area contributed by atoms with Crippen LogP contribution in [0, 0.1) is 0 Å². The molecule has 0 radical (unpaired) electrons. The molecule has 2 aromatic rings. The fourth-order valence-corrected chi connectivity index (χ4v) is 2.55. The van der Waals surface area contributed by atoms with Gasteiger partial charge in [-0.15, -0.1) is 0 Å². The van der Waals surface area contributed by atoms with Crippen LogP contribution in [0.15, 0.2) is 34.9 Å². The minimum absolute atomic E-state index is 0.273. The lowest BCUT2D eigenvalue weighted by Crippen LogP contribution is -2.29. The van der Waals surface area contributed by atoms with Gasteiger partial charge in [0.15, 0.2) is 5.69 Å². The number of hydrogen-bond acceptors (Lipinski definition) is 4. The van der Waals surface area contributed by atoms with Crippen molar-refractivity contribution in [2.24, 2.45) is 0 Å². The van der Waals surface area contributed by atoms with E-state index in [1.165, 1.54) is 0 Å². The molecule has 1 amide bonds. The third-order valence-electron chi connectivity index (χ3n) is 3.73. The first kappa shape index (κ1) is 15.1. The van der Waals surface area contributed by atoms with E-state index in [2.05, 4.69) is 10.5 Å². The smallest absolute Gasteiger partial charge is 0.273 e. The van der Waals surface area contributed by atoms with Crippen molar-refractivity contribution in [1.29, 1.82) is 0 Å². The maximum Gasteiger partial charge on any atom is 0.273 e. The molecule has 1 N–H and O–H groups in total. The topological polar surface area (TPSA) is 64.4 Å². The van der Waals surface area contributed by atoms with Crippen molar-refractivity contribution in [3.63, 3.8) is 0 Å². The zero-order chi connectivity index (χ0) is 15.5. The van der Waals surface area contributed by atoms with Crippen molar-refractivity contribution in [3.8, 4) is 0 Å². The van der Waals surface area contributed by atoms with Crippen molar-refractivity contribution in [2.45, 2.75) is 24.9 Å². The third-order valence-corrected chi connectivity index (χ3v) is 4.07. The summed E-state index contributed by atoms with van der Waals surface area (Å²) in [7, 11) is 1.58. The van der Waals surface area contributed by atoms with Crippen LogP contribution >= 0.6 is 11.6 Å². The van der Waals surface area contributed by atoms with Crippen LogP contribution in [0.4, 0.5) is 0 Å². The Labute approximate surface area is 133 Å². The quantitative estimate of drug-likeness (QED) is 0.886. The maximum atomic E-state index is 12.1. The Morgan fingerprint density at radius 3 is 2.95 bits per heavy atom. The molecular formula is C16H17ClN2O3. The molecule has 3 rings (SSSR count). The normalized spacial score (nSPS) is 15.5. The summed E-state index contributed by atoms with van der Waals surface area (Å²) in [5.74, 6) is 0.952. The Morgan fingerprint density at radius 2 is 2.27 bits per heavy atom. The fraction of sp³-hybridized carbons (Fsp3) is 0.375. The van der Waals surface area contributed by atoms with E-state index in [1.54, 1.807) is 19.2 Å². The van der Waals surface area contributed by atoms with Gasteiger partial charge in [0, 0.05) is 36.2 Å². The van der Waals surface area contributed by atoms with Gasteiger partial charge in [0.1, 0.15) is 11.9 Å². The number of carbonyl (C=O) groups is 1. The number of carbonyl (C=O) groups excluding carboxylic acids is 1. The molecule has 1 heterocycles. The zero-order valence-corrected chi connectivity index (χ0v) is 13.0. The number of halogens is 1. The van der Waals surface area contributed by atoms with Crippen molar-refractivity contribution < 1.29 is 14.1 Å². The van der Waals surface area contributed by atoms with Gasteiger partial charge in [-0.1, -0.05) is 35.0 Å². The summed E-state index contributed by atoms with van der Waals surface area (Å²) in [5.41, 5.74) is 1.14. The monoisotopic (exact) mass is 320 g/mol. The molecule has 1 atom stereocenters. The number of ether oxygens (including phenoxy) is 1. The van der Waals surface area contributed by atoms with E-state index in [1.807, 2.05) is 18.2 Å². The number of nitrogens with one attached hydrogen (secondary N) is 1. The molecule has 0 spiro atoms. The van der Waals surface area contributed by atoms with Crippen molar-refractivity contribution in [2.75, 3.05) is 13.7 Å². The molecule has 1 saturated carbocycles. The van der Waals surface area contributed by atoms with E-state index in [0.29, 0.717) is 23.2 Å². The third kappa shape index (κ3) is 3.31. The van der Waals surface area contributed by atoms with E-state index in [4.69, 9.17) is 20.9 Å². The molecule has 0 saturated heterocycles. The largest absolute Gasteiger partial charge is 0.375 e. The lowest BCUT2D eigenvalue weighted by atomic mass is 10.1. The summed E-state index contributed by atoms with van der Waals surface area (Å²) in [4.78, 5) is 12.1. The van der Waals surface area contributed by atoms with Gasteiger partial charge in [-0.2, -0.15) is 0 Å². The summed E-state index contributed by atoms with van der Waals surface area (Å²) >= 11 is 6.16. The standard InChI is InChI=1S/C16H17ClN2O3/c1-21-15(11-4-2-3-5-12(11)17)9-18-16(20)13-8-14(22-19-13)10-6-7-10/h2-5,8,10,15H,6-7,9H2,1H3,(H,18,20)/t15-/m0/s1. The molecule has 0 unspecified atom stereocenters. The summed E-state index contributed by atoms with van der Waals surface area (Å²) < 4.78 is 10.6. The Kier molecular flexibility index (Phi) is 4.45. The lowest BCUT2D eigenvalue weighted by Gasteiger charge is -2.17. The van der Waals surface area contributed by atoms with Crippen LogP contribution in [-0.4, -0.2) is 24.7 Å². The SMILES string of the molecule is CO[C@@H](CNC(=O)c1cc(C2CC2)on1)c1ccccc1Cl. The second kappa shape index (κ2) is 6.50. The number of methoxy groups -OCH3 is 1.